The Morgan fingerprint density at radius 2 is 1.72 bits per heavy atom. The molecule has 0 aliphatic carbocycles. The van der Waals surface area contributed by atoms with Crippen molar-refractivity contribution in [1.29, 1.82) is 0 Å². The van der Waals surface area contributed by atoms with Gasteiger partial charge >= 0.3 is 6.18 Å². The molecule has 9 heteroatoms. The molecule has 0 bridgehead atoms. The summed E-state index contributed by atoms with van der Waals surface area (Å²) in [7, 11) is -1.20. The topological polar surface area (TPSA) is 36.3 Å². The molecule has 0 spiro atoms. The highest BCUT2D eigenvalue weighted by molar-refractivity contribution is 6.76. The van der Waals surface area contributed by atoms with Crippen molar-refractivity contribution < 1.29 is 22.6 Å². The third-order valence-corrected chi connectivity index (χ3v) is 7.74. The van der Waals surface area contributed by atoms with Crippen molar-refractivity contribution in [2.75, 3.05) is 6.61 Å². The zero-order valence-electron chi connectivity index (χ0n) is 20.6. The Morgan fingerprint density at radius 1 is 1.00 bits per heavy atom. The van der Waals surface area contributed by atoms with Gasteiger partial charge in [0.05, 0.1) is 11.1 Å². The quantitative estimate of drug-likeness (QED) is 0.129. The molecule has 2 heterocycles. The number of hydrogen-bond acceptors (Lipinski definition) is 3. The van der Waals surface area contributed by atoms with E-state index in [1.54, 1.807) is 6.20 Å². The molecular formula is C27H28ClF3N2O2Si. The average Bonchev–Trinajstić information content (AvgIpc) is 3.15. The van der Waals surface area contributed by atoms with E-state index in [-0.39, 0.29) is 0 Å². The molecule has 4 aromatic rings. The smallest absolute Gasteiger partial charge is 0.416 e. The predicted octanol–water partition coefficient (Wildman–Crippen LogP) is 8.79. The average molecular weight is 533 g/mol. The second-order valence-electron chi connectivity index (χ2n) is 10.0. The fourth-order valence-electron chi connectivity index (χ4n) is 3.88. The number of aryl methyl sites for hydroxylation is 1. The van der Waals surface area contributed by atoms with Crippen LogP contribution in [0.1, 0.15) is 11.1 Å². The van der Waals surface area contributed by atoms with Crippen molar-refractivity contribution in [3.63, 3.8) is 0 Å². The Hall–Kier alpha value is -2.81. The molecule has 4 rings (SSSR count). The summed E-state index contributed by atoms with van der Waals surface area (Å²) in [6, 6.07) is 13.3. The van der Waals surface area contributed by atoms with Crippen LogP contribution >= 0.6 is 11.6 Å². The largest absolute Gasteiger partial charge is 0.457 e. The maximum absolute atomic E-state index is 12.9. The van der Waals surface area contributed by atoms with E-state index in [0.717, 1.165) is 45.8 Å². The molecular weight excluding hydrogens is 505 g/mol. The molecule has 0 radical (unpaired) electrons. The number of alkyl halides is 3. The minimum atomic E-state index is -4.39. The number of rotatable bonds is 8. The van der Waals surface area contributed by atoms with Gasteiger partial charge in [0.2, 0.25) is 0 Å². The lowest BCUT2D eigenvalue weighted by atomic mass is 10.0. The lowest BCUT2D eigenvalue weighted by Gasteiger charge is -2.15. The van der Waals surface area contributed by atoms with E-state index in [9.17, 15) is 13.2 Å². The SMILES string of the molecule is Cc1cc(Oc2ccc(C(F)(F)F)cc2)cc(-c2cn(COCC[Si](C)(C)C)c3ccnc(Cl)c23)c1. The zero-order valence-corrected chi connectivity index (χ0v) is 22.4. The molecule has 0 aliphatic heterocycles. The third-order valence-electron chi connectivity index (χ3n) is 5.75. The number of hydrogen-bond donors (Lipinski definition) is 0. The van der Waals surface area contributed by atoms with E-state index < -0.39 is 19.8 Å². The van der Waals surface area contributed by atoms with Crippen molar-refractivity contribution >= 4 is 30.6 Å². The van der Waals surface area contributed by atoms with Crippen LogP contribution in [0.5, 0.6) is 11.5 Å². The van der Waals surface area contributed by atoms with E-state index in [1.807, 2.05) is 42.0 Å². The van der Waals surface area contributed by atoms with Gasteiger partial charge in [-0.2, -0.15) is 13.2 Å². The summed E-state index contributed by atoms with van der Waals surface area (Å²) < 4.78 is 52.6. The Labute approximate surface area is 214 Å². The molecule has 2 aromatic heterocycles. The van der Waals surface area contributed by atoms with Gasteiger partial charge in [0.25, 0.3) is 0 Å². The van der Waals surface area contributed by atoms with Crippen LogP contribution in [-0.4, -0.2) is 24.2 Å². The summed E-state index contributed by atoms with van der Waals surface area (Å²) in [5.74, 6) is 0.828. The maximum Gasteiger partial charge on any atom is 0.416 e. The number of halogens is 4. The highest BCUT2D eigenvalue weighted by Crippen LogP contribution is 2.38. The fraction of sp³-hybridized carbons (Fsp3) is 0.296. The predicted molar refractivity (Wildman–Crippen MR) is 141 cm³/mol. The summed E-state index contributed by atoms with van der Waals surface area (Å²) in [4.78, 5) is 4.27. The van der Waals surface area contributed by atoms with Crippen molar-refractivity contribution in [2.45, 2.75) is 45.5 Å². The number of ether oxygens (including phenoxy) is 2. The number of fused-ring (bicyclic) bond motifs is 1. The highest BCUT2D eigenvalue weighted by Gasteiger charge is 2.30. The monoisotopic (exact) mass is 532 g/mol. The van der Waals surface area contributed by atoms with Crippen molar-refractivity contribution in [3.05, 3.63) is 77.2 Å². The number of aromatic nitrogens is 2. The lowest BCUT2D eigenvalue weighted by molar-refractivity contribution is -0.137. The van der Waals surface area contributed by atoms with E-state index in [0.29, 0.717) is 30.0 Å². The van der Waals surface area contributed by atoms with E-state index in [2.05, 4.69) is 24.6 Å². The van der Waals surface area contributed by atoms with Gasteiger partial charge in [-0.1, -0.05) is 37.3 Å². The molecule has 36 heavy (non-hydrogen) atoms. The summed E-state index contributed by atoms with van der Waals surface area (Å²) in [6.07, 6.45) is -0.735. The molecule has 0 fully saturated rings. The normalized spacial score (nSPS) is 12.3. The van der Waals surface area contributed by atoms with Crippen LogP contribution in [0.2, 0.25) is 30.8 Å². The maximum atomic E-state index is 12.9. The van der Waals surface area contributed by atoms with Crippen LogP contribution in [0.3, 0.4) is 0 Å². The van der Waals surface area contributed by atoms with Crippen LogP contribution in [0.25, 0.3) is 22.0 Å². The second kappa shape index (κ2) is 10.3. The van der Waals surface area contributed by atoms with Gasteiger partial charge in [0.15, 0.2) is 0 Å². The van der Waals surface area contributed by atoms with E-state index in [1.165, 1.54) is 12.1 Å². The molecule has 4 nitrogen and oxygen atoms in total. The van der Waals surface area contributed by atoms with Crippen LogP contribution in [0.4, 0.5) is 13.2 Å². The van der Waals surface area contributed by atoms with Crippen molar-refractivity contribution in [3.8, 4) is 22.6 Å². The number of pyridine rings is 1. The van der Waals surface area contributed by atoms with Crippen LogP contribution in [-0.2, 0) is 17.6 Å². The summed E-state index contributed by atoms with van der Waals surface area (Å²) in [6.45, 7) is 9.95. The molecule has 0 N–H and O–H groups in total. The van der Waals surface area contributed by atoms with E-state index in [4.69, 9.17) is 21.1 Å². The first-order chi connectivity index (χ1) is 16.9. The second-order valence-corrected chi connectivity index (χ2v) is 16.0. The van der Waals surface area contributed by atoms with Crippen molar-refractivity contribution in [2.24, 2.45) is 0 Å². The minimum absolute atomic E-state index is 0.317. The third kappa shape index (κ3) is 6.30. The van der Waals surface area contributed by atoms with Gasteiger partial charge in [0, 0.05) is 38.0 Å². The molecule has 2 aromatic carbocycles. The fourth-order valence-corrected chi connectivity index (χ4v) is 4.89. The molecule has 190 valence electrons. The molecule has 0 saturated carbocycles. The van der Waals surface area contributed by atoms with Crippen LogP contribution in [0, 0.1) is 6.92 Å². The Morgan fingerprint density at radius 3 is 2.39 bits per heavy atom. The standard InChI is InChI=1S/C27H28ClF3N2O2Si/c1-18-13-19(15-22(14-18)35-21-7-5-20(6-8-21)27(29,30)31)23-16-33(17-34-11-12-36(2,3)4)24-9-10-32-26(28)25(23)24/h5-10,13-16H,11-12,17H2,1-4H3. The van der Waals surface area contributed by atoms with Gasteiger partial charge in [-0.25, -0.2) is 4.98 Å². The van der Waals surface area contributed by atoms with Gasteiger partial charge in [-0.3, -0.25) is 0 Å². The molecule has 0 aliphatic rings. The highest BCUT2D eigenvalue weighted by atomic mass is 35.5. The minimum Gasteiger partial charge on any atom is -0.457 e. The number of nitrogens with zero attached hydrogens (tertiary/aromatic N) is 2. The van der Waals surface area contributed by atoms with Crippen molar-refractivity contribution in [1.82, 2.24) is 9.55 Å². The van der Waals surface area contributed by atoms with Gasteiger partial charge in [0.1, 0.15) is 23.4 Å². The molecule has 0 saturated heterocycles. The first-order valence-corrected chi connectivity index (χ1v) is 15.7. The van der Waals surface area contributed by atoms with Crippen LogP contribution in [0.15, 0.2) is 60.9 Å². The zero-order chi connectivity index (χ0) is 26.1. The Bertz CT molecular complexity index is 1360. The molecule has 0 unspecified atom stereocenters. The first-order valence-electron chi connectivity index (χ1n) is 11.6. The summed E-state index contributed by atoms with van der Waals surface area (Å²) in [5.41, 5.74) is 2.85. The Kier molecular flexibility index (Phi) is 7.50. The Balaban J connectivity index is 1.64. The summed E-state index contributed by atoms with van der Waals surface area (Å²) >= 11 is 6.52. The van der Waals surface area contributed by atoms with Gasteiger partial charge in [-0.05, 0) is 66.6 Å². The number of benzene rings is 2. The first kappa shape index (κ1) is 26.3. The van der Waals surface area contributed by atoms with Gasteiger partial charge in [-0.15, -0.1) is 0 Å². The van der Waals surface area contributed by atoms with E-state index >= 15 is 0 Å². The lowest BCUT2D eigenvalue weighted by Crippen LogP contribution is -2.21. The van der Waals surface area contributed by atoms with Crippen LogP contribution < -0.4 is 4.74 Å². The molecule has 0 atom stereocenters. The summed E-state index contributed by atoms with van der Waals surface area (Å²) in [5, 5.41) is 1.19. The van der Waals surface area contributed by atoms with Gasteiger partial charge < -0.3 is 14.0 Å². The molecule has 0 amide bonds.